The van der Waals surface area contributed by atoms with E-state index in [1.165, 1.54) is 16.8 Å². The number of benzene rings is 1. The zero-order valence-electron chi connectivity index (χ0n) is 24.4. The second-order valence-corrected chi connectivity index (χ2v) is 12.4. The lowest BCUT2D eigenvalue weighted by atomic mass is 9.91. The number of nitrogens with zero attached hydrogens (tertiary/aromatic N) is 7. The minimum Gasteiger partial charge on any atom is -0.376 e. The normalized spacial score (nSPS) is 25.0. The number of aromatic nitrogens is 3. The van der Waals surface area contributed by atoms with Crippen molar-refractivity contribution < 1.29 is 23.9 Å². The Morgan fingerprint density at radius 3 is 2.45 bits per heavy atom. The van der Waals surface area contributed by atoms with Gasteiger partial charge in [0.1, 0.15) is 11.9 Å². The van der Waals surface area contributed by atoms with E-state index in [1.807, 2.05) is 38.4 Å². The van der Waals surface area contributed by atoms with Crippen LogP contribution in [0.5, 0.6) is 0 Å². The Kier molecular flexibility index (Phi) is 10.5. The first-order chi connectivity index (χ1) is 20.2. The highest BCUT2D eigenvalue weighted by Gasteiger charge is 2.58. The number of nitrogens with one attached hydrogen (secondary N) is 1. The maximum absolute atomic E-state index is 14.2. The van der Waals surface area contributed by atoms with E-state index in [9.17, 15) is 19.7 Å². The van der Waals surface area contributed by atoms with Crippen LogP contribution in [0.1, 0.15) is 44.5 Å². The van der Waals surface area contributed by atoms with E-state index in [2.05, 4.69) is 26.6 Å². The van der Waals surface area contributed by atoms with E-state index in [1.54, 1.807) is 48.9 Å². The van der Waals surface area contributed by atoms with Crippen molar-refractivity contribution in [2.24, 2.45) is 10.9 Å². The Morgan fingerprint density at radius 2 is 1.88 bits per heavy atom. The third kappa shape index (κ3) is 6.91. The summed E-state index contributed by atoms with van der Waals surface area (Å²) < 4.78 is 28.6. The van der Waals surface area contributed by atoms with E-state index in [0.717, 1.165) is 0 Å². The number of ether oxygens (including phenoxy) is 2. The molecular weight excluding hydrogens is 559 g/mol. The number of carbonyl (C=O) groups is 1. The van der Waals surface area contributed by atoms with E-state index < -0.39 is 44.3 Å². The van der Waals surface area contributed by atoms with Gasteiger partial charge < -0.3 is 24.8 Å². The summed E-state index contributed by atoms with van der Waals surface area (Å²) in [6.45, 7) is 8.13. The molecule has 1 fully saturated rings. The Labute approximate surface area is 246 Å². The molecule has 1 amide bonds. The van der Waals surface area contributed by atoms with Crippen LogP contribution in [0.3, 0.4) is 0 Å². The molecule has 1 unspecified atom stereocenters. The topological polar surface area (TPSA) is 158 Å². The monoisotopic (exact) mass is 597 g/mol. The molecule has 2 aliphatic rings. The molecule has 13 nitrogen and oxygen atoms in total. The zero-order chi connectivity index (χ0) is 30.4. The number of carbonyl (C=O) groups excluding carboxylic acids is 1. The minimum atomic E-state index is -2.04. The standard InChI is InChI=1S/C28H37N8O5P/c1-18(2)36(19(3)4)42(39)22(11-13-29)24-21(17-35-30-14-15-31-35)41-27(25(24)40-5)34-16-12-23(33-28(34)38)32-26(37)20-9-7-6-8-10-20/h6-10,12,14-16,18-19,21-22,24-25,27-28,38H,11,17H2,1-5H3/p+1/t21-,22+,24-,25+,27+,28+/m0/s1. The molecule has 2 aromatic rings. The van der Waals surface area contributed by atoms with Crippen LogP contribution in [-0.4, -0.2) is 91.1 Å². The summed E-state index contributed by atoms with van der Waals surface area (Å²) in [5.41, 5.74) is -0.156. The maximum atomic E-state index is 14.2. The van der Waals surface area contributed by atoms with Gasteiger partial charge in [-0.05, 0) is 50.5 Å². The SMILES string of the molecule is CO[C@@H]1[C@H]([C@@H](CC#N)[P+](=O)N(C(C)C)C(C)C)[C@H](Cn2nccn2)O[C@H]1N1C=CC(NC(=O)c2ccccc2)=N[C@H]1O. The van der Waals surface area contributed by atoms with Crippen LogP contribution in [0.2, 0.25) is 0 Å². The van der Waals surface area contributed by atoms with Crippen molar-refractivity contribution in [2.45, 2.75) is 83.2 Å². The highest BCUT2D eigenvalue weighted by atomic mass is 31.1. The van der Waals surface area contributed by atoms with Crippen molar-refractivity contribution >= 4 is 19.7 Å². The summed E-state index contributed by atoms with van der Waals surface area (Å²) in [4.78, 5) is 19.8. The van der Waals surface area contributed by atoms with Crippen LogP contribution < -0.4 is 5.32 Å². The van der Waals surface area contributed by atoms with E-state index in [4.69, 9.17) is 9.47 Å². The fourth-order valence-corrected chi connectivity index (χ4v) is 7.75. The molecule has 42 heavy (non-hydrogen) atoms. The first-order valence-electron chi connectivity index (χ1n) is 13.9. The van der Waals surface area contributed by atoms with Crippen molar-refractivity contribution in [3.8, 4) is 6.07 Å². The maximum Gasteiger partial charge on any atom is 0.440 e. The van der Waals surface area contributed by atoms with Gasteiger partial charge in [0.2, 0.25) is 6.35 Å². The molecule has 3 heterocycles. The predicted molar refractivity (Wildman–Crippen MR) is 155 cm³/mol. The summed E-state index contributed by atoms with van der Waals surface area (Å²) >= 11 is 0. The van der Waals surface area contributed by atoms with Gasteiger partial charge in [-0.2, -0.15) is 20.3 Å². The molecule has 0 radical (unpaired) electrons. The van der Waals surface area contributed by atoms with Gasteiger partial charge in [-0.25, -0.2) is 4.99 Å². The van der Waals surface area contributed by atoms with Crippen LogP contribution in [-0.2, 0) is 20.6 Å². The molecule has 14 heteroatoms. The van der Waals surface area contributed by atoms with Crippen molar-refractivity contribution in [2.75, 3.05) is 7.11 Å². The Balaban J connectivity index is 1.62. The molecular formula is C28H38N8O5P+. The fraction of sp³-hybridized carbons (Fsp3) is 0.536. The molecule has 2 aliphatic heterocycles. The predicted octanol–water partition coefficient (Wildman–Crippen LogP) is 2.71. The molecule has 0 saturated carbocycles. The minimum absolute atomic E-state index is 0.0149. The summed E-state index contributed by atoms with van der Waals surface area (Å²) in [5.74, 6) is -0.692. The summed E-state index contributed by atoms with van der Waals surface area (Å²) in [5, 5.41) is 32.0. The van der Waals surface area contributed by atoms with Crippen molar-refractivity contribution in [1.29, 1.82) is 5.26 Å². The molecule has 0 spiro atoms. The molecule has 1 aromatic heterocycles. The first-order valence-corrected chi connectivity index (χ1v) is 15.2. The van der Waals surface area contributed by atoms with Gasteiger partial charge in [0.05, 0.1) is 43.5 Å². The molecule has 0 bridgehead atoms. The Bertz CT molecular complexity index is 1310. The third-order valence-electron chi connectivity index (χ3n) is 7.30. The highest BCUT2D eigenvalue weighted by Crippen LogP contribution is 2.48. The van der Waals surface area contributed by atoms with Gasteiger partial charge in [0.25, 0.3) is 5.91 Å². The number of hydrogen-bond acceptors (Lipinski definition) is 10. The van der Waals surface area contributed by atoms with Crippen molar-refractivity contribution in [1.82, 2.24) is 29.9 Å². The number of nitriles is 1. The van der Waals surface area contributed by atoms with E-state index in [-0.39, 0.29) is 36.8 Å². The van der Waals surface area contributed by atoms with Crippen LogP contribution >= 0.6 is 7.95 Å². The van der Waals surface area contributed by atoms with Crippen LogP contribution in [0.25, 0.3) is 0 Å². The lowest BCUT2D eigenvalue weighted by Crippen LogP contribution is -2.49. The van der Waals surface area contributed by atoms with Gasteiger partial charge in [0, 0.05) is 31.0 Å². The molecule has 4 rings (SSSR count). The van der Waals surface area contributed by atoms with Crippen LogP contribution in [0.4, 0.5) is 0 Å². The van der Waals surface area contributed by atoms with Crippen molar-refractivity contribution in [3.63, 3.8) is 0 Å². The average molecular weight is 598 g/mol. The number of rotatable bonds is 11. The van der Waals surface area contributed by atoms with Gasteiger partial charge in [-0.3, -0.25) is 4.79 Å². The lowest BCUT2D eigenvalue weighted by molar-refractivity contribution is -0.133. The summed E-state index contributed by atoms with van der Waals surface area (Å²) in [6, 6.07) is 10.9. The van der Waals surface area contributed by atoms with Gasteiger partial charge in [-0.1, -0.05) is 22.9 Å². The van der Waals surface area contributed by atoms with Gasteiger partial charge in [0.15, 0.2) is 11.9 Å². The lowest BCUT2D eigenvalue weighted by Gasteiger charge is -2.35. The molecule has 2 N–H and O–H groups in total. The summed E-state index contributed by atoms with van der Waals surface area (Å²) in [7, 11) is -0.511. The third-order valence-corrected chi connectivity index (χ3v) is 9.77. The number of aliphatic imine (C=N–C) groups is 1. The summed E-state index contributed by atoms with van der Waals surface area (Å²) in [6.07, 6.45) is 2.71. The molecule has 0 aliphatic carbocycles. The number of methoxy groups -OCH3 is 1. The molecule has 7 atom stereocenters. The van der Waals surface area contributed by atoms with Crippen LogP contribution in [0.15, 0.2) is 60.0 Å². The number of amidine groups is 1. The number of amides is 1. The zero-order valence-corrected chi connectivity index (χ0v) is 25.3. The van der Waals surface area contributed by atoms with Gasteiger partial charge in [-0.15, -0.1) is 0 Å². The Morgan fingerprint density at radius 1 is 1.21 bits per heavy atom. The van der Waals surface area contributed by atoms with E-state index >= 15 is 0 Å². The largest absolute Gasteiger partial charge is 0.440 e. The number of aliphatic hydroxyl groups is 1. The first kappa shape index (κ1) is 31.4. The molecule has 224 valence electrons. The fourth-order valence-electron chi connectivity index (χ4n) is 5.61. The van der Waals surface area contributed by atoms with Crippen LogP contribution in [0, 0.1) is 17.2 Å². The quantitative estimate of drug-likeness (QED) is 0.369. The second-order valence-electron chi connectivity index (χ2n) is 10.7. The molecule has 1 saturated heterocycles. The Hall–Kier alpha value is -3.53. The second kappa shape index (κ2) is 14.1. The number of hydrogen-bond donors (Lipinski definition) is 2. The molecule has 1 aromatic carbocycles. The van der Waals surface area contributed by atoms with Gasteiger partial charge >= 0.3 is 7.95 Å². The van der Waals surface area contributed by atoms with Crippen molar-refractivity contribution in [3.05, 3.63) is 60.6 Å². The highest BCUT2D eigenvalue weighted by molar-refractivity contribution is 7.43. The number of aliphatic hydroxyl groups excluding tert-OH is 1. The van der Waals surface area contributed by atoms with E-state index in [0.29, 0.717) is 5.56 Å². The average Bonchev–Trinajstić information content (AvgIpc) is 3.59. The smallest absolute Gasteiger partial charge is 0.376 e.